The SMILES string of the molecule is CCC(C)CC(N)COC(=O)OCC(N)CC(C)CC. The van der Waals surface area contributed by atoms with E-state index in [0.717, 1.165) is 25.7 Å². The summed E-state index contributed by atoms with van der Waals surface area (Å²) in [6, 6.07) is -0.266. The molecule has 0 aliphatic heterocycles. The van der Waals surface area contributed by atoms with Gasteiger partial charge in [0.05, 0.1) is 0 Å². The summed E-state index contributed by atoms with van der Waals surface area (Å²) < 4.78 is 9.98. The summed E-state index contributed by atoms with van der Waals surface area (Å²) in [5.74, 6) is 1.07. The Balaban J connectivity index is 3.73. The zero-order valence-electron chi connectivity index (χ0n) is 13.4. The van der Waals surface area contributed by atoms with Crippen molar-refractivity contribution in [1.82, 2.24) is 0 Å². The zero-order chi connectivity index (χ0) is 15.5. The Hall–Kier alpha value is -0.810. The number of rotatable bonds is 10. The molecule has 0 saturated heterocycles. The molecule has 0 rings (SSSR count). The Morgan fingerprint density at radius 3 is 1.55 bits per heavy atom. The van der Waals surface area contributed by atoms with Crippen LogP contribution in [0.4, 0.5) is 4.79 Å². The zero-order valence-corrected chi connectivity index (χ0v) is 13.4. The monoisotopic (exact) mass is 288 g/mol. The molecule has 0 aromatic heterocycles. The third-order valence-corrected chi connectivity index (χ3v) is 3.63. The number of ether oxygens (including phenoxy) is 2. The topological polar surface area (TPSA) is 87.6 Å². The molecule has 120 valence electrons. The highest BCUT2D eigenvalue weighted by atomic mass is 16.7. The highest BCUT2D eigenvalue weighted by molar-refractivity contribution is 5.59. The van der Waals surface area contributed by atoms with Gasteiger partial charge in [0, 0.05) is 12.1 Å². The molecule has 4 N–H and O–H groups in total. The molecule has 0 bridgehead atoms. The third kappa shape index (κ3) is 10.0. The summed E-state index contributed by atoms with van der Waals surface area (Å²) in [5, 5.41) is 0. The van der Waals surface area contributed by atoms with Crippen molar-refractivity contribution in [2.45, 2.75) is 65.5 Å². The molecule has 0 heterocycles. The maximum atomic E-state index is 11.4. The summed E-state index contributed by atoms with van der Waals surface area (Å²) in [4.78, 5) is 11.4. The maximum absolute atomic E-state index is 11.4. The van der Waals surface area contributed by atoms with Crippen molar-refractivity contribution >= 4 is 6.16 Å². The second kappa shape index (κ2) is 10.9. The van der Waals surface area contributed by atoms with Crippen molar-refractivity contribution in [3.8, 4) is 0 Å². The van der Waals surface area contributed by atoms with Crippen molar-refractivity contribution in [1.29, 1.82) is 0 Å². The van der Waals surface area contributed by atoms with E-state index in [1.807, 2.05) is 0 Å². The summed E-state index contributed by atoms with van der Waals surface area (Å²) in [6.45, 7) is 8.89. The number of carbonyl (C=O) groups excluding carboxylic acids is 1. The molecule has 0 saturated carbocycles. The van der Waals surface area contributed by atoms with Gasteiger partial charge in [0.2, 0.25) is 0 Å². The normalized spacial score (nSPS) is 17.1. The van der Waals surface area contributed by atoms with Crippen molar-refractivity contribution in [2.75, 3.05) is 13.2 Å². The molecule has 5 heteroatoms. The minimum absolute atomic E-state index is 0.133. The van der Waals surface area contributed by atoms with Gasteiger partial charge >= 0.3 is 6.16 Å². The minimum Gasteiger partial charge on any atom is -0.433 e. The predicted molar refractivity (Wildman–Crippen MR) is 81.4 cm³/mol. The van der Waals surface area contributed by atoms with Gasteiger partial charge < -0.3 is 20.9 Å². The molecule has 0 radical (unpaired) electrons. The van der Waals surface area contributed by atoms with Crippen LogP contribution in [0.3, 0.4) is 0 Å². The smallest absolute Gasteiger partial charge is 0.433 e. The summed E-state index contributed by atoms with van der Waals surface area (Å²) in [6.07, 6.45) is 3.16. The first-order valence-corrected chi connectivity index (χ1v) is 7.69. The van der Waals surface area contributed by atoms with Crippen LogP contribution in [-0.4, -0.2) is 31.5 Å². The van der Waals surface area contributed by atoms with E-state index in [0.29, 0.717) is 11.8 Å². The van der Waals surface area contributed by atoms with E-state index < -0.39 is 6.16 Å². The molecule has 0 fully saturated rings. The lowest BCUT2D eigenvalue weighted by Crippen LogP contribution is -2.32. The Bertz CT molecular complexity index is 238. The predicted octanol–water partition coefficient (Wildman–Crippen LogP) is 2.67. The van der Waals surface area contributed by atoms with Crippen LogP contribution in [0.25, 0.3) is 0 Å². The van der Waals surface area contributed by atoms with Gasteiger partial charge in [-0.2, -0.15) is 0 Å². The van der Waals surface area contributed by atoms with E-state index in [9.17, 15) is 4.79 Å². The molecule has 0 amide bonds. The Morgan fingerprint density at radius 2 is 1.25 bits per heavy atom. The van der Waals surface area contributed by atoms with Gasteiger partial charge in [0.25, 0.3) is 0 Å². The molecular formula is C15H32N2O3. The third-order valence-electron chi connectivity index (χ3n) is 3.63. The van der Waals surface area contributed by atoms with Crippen LogP contribution in [0.1, 0.15) is 53.4 Å². The Kier molecular flexibility index (Phi) is 10.5. The second-order valence-corrected chi connectivity index (χ2v) is 5.89. The molecule has 0 aromatic carbocycles. The lowest BCUT2D eigenvalue weighted by Gasteiger charge is -2.17. The van der Waals surface area contributed by atoms with E-state index in [4.69, 9.17) is 20.9 Å². The van der Waals surface area contributed by atoms with E-state index in [1.165, 1.54) is 0 Å². The molecule has 0 aliphatic carbocycles. The van der Waals surface area contributed by atoms with Crippen molar-refractivity contribution in [3.63, 3.8) is 0 Å². The average molecular weight is 288 g/mol. The quantitative estimate of drug-likeness (QED) is 0.603. The van der Waals surface area contributed by atoms with E-state index in [2.05, 4.69) is 27.7 Å². The van der Waals surface area contributed by atoms with Crippen molar-refractivity contribution in [3.05, 3.63) is 0 Å². The van der Waals surface area contributed by atoms with Crippen LogP contribution in [0.15, 0.2) is 0 Å². The first kappa shape index (κ1) is 19.2. The lowest BCUT2D eigenvalue weighted by atomic mass is 10.0. The fourth-order valence-corrected chi connectivity index (χ4v) is 1.89. The van der Waals surface area contributed by atoms with E-state index >= 15 is 0 Å². The second-order valence-electron chi connectivity index (χ2n) is 5.89. The molecule has 0 spiro atoms. The van der Waals surface area contributed by atoms with Gasteiger partial charge in [-0.05, 0) is 24.7 Å². The maximum Gasteiger partial charge on any atom is 0.508 e. The van der Waals surface area contributed by atoms with Gasteiger partial charge in [-0.15, -0.1) is 0 Å². The molecule has 0 aliphatic rings. The van der Waals surface area contributed by atoms with Gasteiger partial charge in [-0.3, -0.25) is 0 Å². The first-order valence-electron chi connectivity index (χ1n) is 7.69. The molecule has 20 heavy (non-hydrogen) atoms. The van der Waals surface area contributed by atoms with Crippen LogP contribution < -0.4 is 11.5 Å². The highest BCUT2D eigenvalue weighted by Gasteiger charge is 2.14. The van der Waals surface area contributed by atoms with Crippen LogP contribution >= 0.6 is 0 Å². The van der Waals surface area contributed by atoms with Gasteiger partial charge in [-0.25, -0.2) is 4.79 Å². The molecular weight excluding hydrogens is 256 g/mol. The standard InChI is InChI=1S/C15H32N2O3/c1-5-11(3)7-13(16)9-19-15(18)20-10-14(17)8-12(4)6-2/h11-14H,5-10,16-17H2,1-4H3. The number of hydrogen-bond donors (Lipinski definition) is 2. The molecule has 5 nitrogen and oxygen atoms in total. The van der Waals surface area contributed by atoms with Gasteiger partial charge in [0.1, 0.15) is 13.2 Å². The molecule has 0 aromatic rings. The minimum atomic E-state index is -0.677. The van der Waals surface area contributed by atoms with E-state index in [1.54, 1.807) is 0 Å². The summed E-state index contributed by atoms with van der Waals surface area (Å²) in [5.41, 5.74) is 11.8. The first-order chi connectivity index (χ1) is 9.38. The molecule has 4 unspecified atom stereocenters. The van der Waals surface area contributed by atoms with Crippen LogP contribution in [0, 0.1) is 11.8 Å². The Labute approximate surface area is 123 Å². The van der Waals surface area contributed by atoms with Crippen molar-refractivity contribution < 1.29 is 14.3 Å². The summed E-state index contributed by atoms with van der Waals surface area (Å²) >= 11 is 0. The van der Waals surface area contributed by atoms with E-state index in [-0.39, 0.29) is 25.3 Å². The van der Waals surface area contributed by atoms with Gasteiger partial charge in [0.15, 0.2) is 0 Å². The molecule has 4 atom stereocenters. The average Bonchev–Trinajstić information content (AvgIpc) is 2.42. The number of carbonyl (C=O) groups is 1. The fourth-order valence-electron chi connectivity index (χ4n) is 1.89. The van der Waals surface area contributed by atoms with Crippen molar-refractivity contribution in [2.24, 2.45) is 23.3 Å². The summed E-state index contributed by atoms with van der Waals surface area (Å²) in [7, 11) is 0. The fraction of sp³-hybridized carbons (Fsp3) is 0.933. The Morgan fingerprint density at radius 1 is 0.900 bits per heavy atom. The number of hydrogen-bond acceptors (Lipinski definition) is 5. The van der Waals surface area contributed by atoms with Gasteiger partial charge in [-0.1, -0.05) is 40.5 Å². The van der Waals surface area contributed by atoms with Crippen LogP contribution in [0.5, 0.6) is 0 Å². The lowest BCUT2D eigenvalue weighted by molar-refractivity contribution is 0.0445. The highest BCUT2D eigenvalue weighted by Crippen LogP contribution is 2.10. The van der Waals surface area contributed by atoms with Crippen LogP contribution in [-0.2, 0) is 9.47 Å². The largest absolute Gasteiger partial charge is 0.508 e. The van der Waals surface area contributed by atoms with Crippen LogP contribution in [0.2, 0.25) is 0 Å². The number of nitrogens with two attached hydrogens (primary N) is 2.